The Balaban J connectivity index is 1.34. The minimum absolute atomic E-state index is 0.129. The molecule has 4 heterocycles. The van der Waals surface area contributed by atoms with Gasteiger partial charge in [0, 0.05) is 23.0 Å². The zero-order valence-electron chi connectivity index (χ0n) is 20.2. The first-order valence-corrected chi connectivity index (χ1v) is 12.1. The van der Waals surface area contributed by atoms with Crippen molar-refractivity contribution in [3.8, 4) is 34.6 Å². The molecule has 0 unspecified atom stereocenters. The van der Waals surface area contributed by atoms with Crippen molar-refractivity contribution in [3.05, 3.63) is 65.5 Å². The lowest BCUT2D eigenvalue weighted by molar-refractivity contribution is 0.101. The molecule has 0 radical (unpaired) electrons. The van der Waals surface area contributed by atoms with Crippen LogP contribution in [0.4, 0.5) is 5.82 Å². The average molecular weight is 519 g/mol. The SMILES string of the molecule is CCOc1cn(-c2cscn2)nc1C(=O)Nc1ccc(Oc2ccnc3cc(OC)c(OC)cc23)cn1. The number of aromatic nitrogens is 5. The number of methoxy groups -OCH3 is 2. The van der Waals surface area contributed by atoms with E-state index in [1.807, 2.05) is 12.3 Å². The maximum Gasteiger partial charge on any atom is 0.281 e. The molecule has 4 aromatic heterocycles. The molecule has 12 heteroatoms. The first-order valence-electron chi connectivity index (χ1n) is 11.2. The van der Waals surface area contributed by atoms with Gasteiger partial charge < -0.3 is 24.3 Å². The summed E-state index contributed by atoms with van der Waals surface area (Å²) < 4.78 is 23.9. The van der Waals surface area contributed by atoms with E-state index in [-0.39, 0.29) is 5.69 Å². The molecule has 0 aliphatic heterocycles. The monoisotopic (exact) mass is 518 g/mol. The molecule has 1 N–H and O–H groups in total. The van der Waals surface area contributed by atoms with Gasteiger partial charge in [0.25, 0.3) is 5.91 Å². The van der Waals surface area contributed by atoms with E-state index in [9.17, 15) is 4.79 Å². The third kappa shape index (κ3) is 5.00. The van der Waals surface area contributed by atoms with Crippen molar-refractivity contribution in [1.29, 1.82) is 0 Å². The molecule has 0 atom stereocenters. The van der Waals surface area contributed by atoms with Crippen molar-refractivity contribution in [3.63, 3.8) is 0 Å². The maximum atomic E-state index is 12.9. The highest BCUT2D eigenvalue weighted by molar-refractivity contribution is 7.07. The second kappa shape index (κ2) is 10.5. The molecule has 5 aromatic rings. The summed E-state index contributed by atoms with van der Waals surface area (Å²) in [6.07, 6.45) is 4.79. The third-order valence-electron chi connectivity index (χ3n) is 5.26. The van der Waals surface area contributed by atoms with Crippen LogP contribution in [0.15, 0.2) is 59.8 Å². The van der Waals surface area contributed by atoms with E-state index in [1.165, 1.54) is 22.2 Å². The Morgan fingerprint density at radius 1 is 1.03 bits per heavy atom. The summed E-state index contributed by atoms with van der Waals surface area (Å²) in [5.74, 6) is 3.00. The van der Waals surface area contributed by atoms with Crippen molar-refractivity contribution >= 4 is 34.0 Å². The normalized spacial score (nSPS) is 10.8. The van der Waals surface area contributed by atoms with E-state index in [0.29, 0.717) is 52.5 Å². The number of carbonyl (C=O) groups is 1. The van der Waals surface area contributed by atoms with E-state index < -0.39 is 5.91 Å². The van der Waals surface area contributed by atoms with Gasteiger partial charge in [0.05, 0.1) is 44.2 Å². The number of carbonyl (C=O) groups excluding carboxylic acids is 1. The number of nitrogens with one attached hydrogen (secondary N) is 1. The minimum Gasteiger partial charge on any atom is -0.493 e. The maximum absolute atomic E-state index is 12.9. The van der Waals surface area contributed by atoms with E-state index in [0.717, 1.165) is 5.39 Å². The van der Waals surface area contributed by atoms with Gasteiger partial charge in [-0.1, -0.05) is 0 Å². The minimum atomic E-state index is -0.459. The predicted octanol–water partition coefficient (Wildman–Crippen LogP) is 4.73. The van der Waals surface area contributed by atoms with Gasteiger partial charge in [0.2, 0.25) is 0 Å². The van der Waals surface area contributed by atoms with Gasteiger partial charge in [-0.2, -0.15) is 5.10 Å². The Hall–Kier alpha value is -4.71. The van der Waals surface area contributed by atoms with Crippen molar-refractivity contribution in [1.82, 2.24) is 24.7 Å². The highest BCUT2D eigenvalue weighted by Gasteiger charge is 2.20. The Morgan fingerprint density at radius 3 is 2.57 bits per heavy atom. The number of benzene rings is 1. The molecule has 1 aromatic carbocycles. The van der Waals surface area contributed by atoms with Crippen molar-refractivity contribution in [2.75, 3.05) is 26.1 Å². The molecule has 0 fully saturated rings. The molecule has 0 aliphatic carbocycles. The molecule has 37 heavy (non-hydrogen) atoms. The molecule has 0 saturated heterocycles. The molecular formula is C25H22N6O5S. The fraction of sp³-hybridized carbons (Fsp3) is 0.160. The number of nitrogens with zero attached hydrogens (tertiary/aromatic N) is 5. The summed E-state index contributed by atoms with van der Waals surface area (Å²) in [6.45, 7) is 2.22. The lowest BCUT2D eigenvalue weighted by Gasteiger charge is -2.12. The Bertz CT molecular complexity index is 1540. The molecule has 0 spiro atoms. The molecule has 11 nitrogen and oxygen atoms in total. The summed E-state index contributed by atoms with van der Waals surface area (Å²) in [5.41, 5.74) is 2.51. The highest BCUT2D eigenvalue weighted by atomic mass is 32.1. The van der Waals surface area contributed by atoms with Gasteiger partial charge in [0.1, 0.15) is 17.3 Å². The first-order chi connectivity index (χ1) is 18.1. The van der Waals surface area contributed by atoms with Gasteiger partial charge in [-0.3, -0.25) is 9.78 Å². The van der Waals surface area contributed by atoms with E-state index in [4.69, 9.17) is 18.9 Å². The van der Waals surface area contributed by atoms with Crippen molar-refractivity contribution < 1.29 is 23.7 Å². The summed E-state index contributed by atoms with van der Waals surface area (Å²) in [5, 5.41) is 9.66. The smallest absolute Gasteiger partial charge is 0.281 e. The molecule has 1 amide bonds. The highest BCUT2D eigenvalue weighted by Crippen LogP contribution is 2.36. The quantitative estimate of drug-likeness (QED) is 0.295. The third-order valence-corrected chi connectivity index (χ3v) is 5.84. The Morgan fingerprint density at radius 2 is 1.86 bits per heavy atom. The molecule has 0 saturated carbocycles. The van der Waals surface area contributed by atoms with Gasteiger partial charge in [-0.05, 0) is 31.2 Å². The summed E-state index contributed by atoms with van der Waals surface area (Å²) in [6, 6.07) is 8.67. The standard InChI is InChI=1S/C25H22N6O5S/c1-4-35-21-12-31(23-13-37-14-28-23)30-24(21)25(32)29-22-6-5-15(11-27-22)36-18-7-8-26-17-10-20(34-3)19(33-2)9-16(17)18/h5-14H,4H2,1-3H3,(H,27,29,32). The molecule has 0 aliphatic rings. The number of anilines is 1. The van der Waals surface area contributed by atoms with Crippen LogP contribution in [0.25, 0.3) is 16.7 Å². The number of ether oxygens (including phenoxy) is 4. The van der Waals surface area contributed by atoms with Crippen LogP contribution in [0.5, 0.6) is 28.7 Å². The Labute approximate surface area is 215 Å². The van der Waals surface area contributed by atoms with Crippen LogP contribution < -0.4 is 24.3 Å². The number of rotatable bonds is 9. The molecule has 188 valence electrons. The topological polar surface area (TPSA) is 123 Å². The van der Waals surface area contributed by atoms with Gasteiger partial charge in [-0.25, -0.2) is 14.6 Å². The van der Waals surface area contributed by atoms with Crippen molar-refractivity contribution in [2.24, 2.45) is 0 Å². The van der Waals surface area contributed by atoms with Crippen LogP contribution in [0.1, 0.15) is 17.4 Å². The predicted molar refractivity (Wildman–Crippen MR) is 138 cm³/mol. The Kier molecular flexibility index (Phi) is 6.81. The largest absolute Gasteiger partial charge is 0.493 e. The van der Waals surface area contributed by atoms with Crippen LogP contribution >= 0.6 is 11.3 Å². The van der Waals surface area contributed by atoms with Crippen LogP contribution in [-0.2, 0) is 0 Å². The summed E-state index contributed by atoms with van der Waals surface area (Å²) >= 11 is 1.43. The van der Waals surface area contributed by atoms with Crippen LogP contribution in [0.3, 0.4) is 0 Å². The van der Waals surface area contributed by atoms with E-state index in [1.54, 1.807) is 62.5 Å². The first kappa shape index (κ1) is 24.0. The molecule has 0 bridgehead atoms. The van der Waals surface area contributed by atoms with Crippen LogP contribution in [-0.4, -0.2) is 51.5 Å². The number of fused-ring (bicyclic) bond motifs is 1. The fourth-order valence-electron chi connectivity index (χ4n) is 3.57. The average Bonchev–Trinajstić information content (AvgIpc) is 3.60. The lowest BCUT2D eigenvalue weighted by atomic mass is 10.2. The van der Waals surface area contributed by atoms with Crippen LogP contribution in [0, 0.1) is 0 Å². The number of hydrogen-bond donors (Lipinski definition) is 1. The van der Waals surface area contributed by atoms with Gasteiger partial charge in [0.15, 0.2) is 28.8 Å². The van der Waals surface area contributed by atoms with Gasteiger partial charge in [-0.15, -0.1) is 11.3 Å². The summed E-state index contributed by atoms with van der Waals surface area (Å²) in [7, 11) is 3.14. The van der Waals surface area contributed by atoms with Crippen molar-refractivity contribution in [2.45, 2.75) is 6.92 Å². The number of pyridine rings is 2. The van der Waals surface area contributed by atoms with Gasteiger partial charge >= 0.3 is 0 Å². The molecular weight excluding hydrogens is 496 g/mol. The van der Waals surface area contributed by atoms with E-state index >= 15 is 0 Å². The number of hydrogen-bond acceptors (Lipinski definition) is 10. The second-order valence-corrected chi connectivity index (χ2v) is 8.25. The zero-order valence-corrected chi connectivity index (χ0v) is 21.0. The lowest BCUT2D eigenvalue weighted by Crippen LogP contribution is -2.15. The fourth-order valence-corrected chi connectivity index (χ4v) is 4.09. The van der Waals surface area contributed by atoms with Crippen LogP contribution in [0.2, 0.25) is 0 Å². The van der Waals surface area contributed by atoms with E-state index in [2.05, 4.69) is 25.4 Å². The summed E-state index contributed by atoms with van der Waals surface area (Å²) in [4.78, 5) is 25.8. The molecule has 5 rings (SSSR count). The zero-order chi connectivity index (χ0) is 25.8. The number of amides is 1. The second-order valence-electron chi connectivity index (χ2n) is 7.53. The number of thiazole rings is 1.